The molecule has 0 saturated heterocycles. The lowest BCUT2D eigenvalue weighted by molar-refractivity contribution is -0.117. The van der Waals surface area contributed by atoms with E-state index in [1.54, 1.807) is 11.3 Å². The summed E-state index contributed by atoms with van der Waals surface area (Å²) in [6.45, 7) is 2.05. The molecule has 1 heterocycles. The Kier molecular flexibility index (Phi) is 4.30. The number of anilines is 1. The maximum atomic E-state index is 12.8. The third-order valence-electron chi connectivity index (χ3n) is 7.07. The number of hydrogen-bond donors (Lipinski definition) is 1. The summed E-state index contributed by atoms with van der Waals surface area (Å²) in [5.41, 5.74) is 1.31. The molecule has 4 saturated carbocycles. The molecule has 0 spiro atoms. The minimum atomic E-state index is -0.141. The van der Waals surface area contributed by atoms with E-state index in [-0.39, 0.29) is 17.2 Å². The molecule has 4 bridgehead atoms. The standard InChI is InChI=1S/C22H27N3OS/c1-2-18(17-6-4-3-5-7-17)19(26)23-21-25-24-20(27-21)22-11-14-8-15(12-22)10-16(9-14)13-22/h3-7,14-16,18H,2,8-13H2,1H3,(H,23,25,26)/t14?,15?,16?,18-,22?/m0/s1. The topological polar surface area (TPSA) is 54.9 Å². The van der Waals surface area contributed by atoms with Gasteiger partial charge in [-0.2, -0.15) is 0 Å². The number of benzene rings is 1. The van der Waals surface area contributed by atoms with Crippen LogP contribution in [-0.4, -0.2) is 16.1 Å². The summed E-state index contributed by atoms with van der Waals surface area (Å²) in [5.74, 6) is 2.55. The lowest BCUT2D eigenvalue weighted by atomic mass is 9.50. The van der Waals surface area contributed by atoms with Crippen LogP contribution in [0.4, 0.5) is 5.13 Å². The van der Waals surface area contributed by atoms with Gasteiger partial charge in [0.25, 0.3) is 0 Å². The fourth-order valence-electron chi connectivity index (χ4n) is 6.31. The summed E-state index contributed by atoms with van der Waals surface area (Å²) in [7, 11) is 0. The number of nitrogens with one attached hydrogen (secondary N) is 1. The van der Waals surface area contributed by atoms with Gasteiger partial charge in [0.15, 0.2) is 0 Å². The average molecular weight is 382 g/mol. The number of carbonyl (C=O) groups is 1. The molecule has 0 unspecified atom stereocenters. The Morgan fingerprint density at radius 2 is 1.74 bits per heavy atom. The van der Waals surface area contributed by atoms with Crippen molar-refractivity contribution >= 4 is 22.4 Å². The van der Waals surface area contributed by atoms with Crippen molar-refractivity contribution in [3.63, 3.8) is 0 Å². The zero-order valence-corrected chi connectivity index (χ0v) is 16.7. The molecule has 1 amide bonds. The van der Waals surface area contributed by atoms with Gasteiger partial charge in [0.1, 0.15) is 5.01 Å². The molecular weight excluding hydrogens is 354 g/mol. The van der Waals surface area contributed by atoms with Crippen LogP contribution in [0.2, 0.25) is 0 Å². The molecule has 0 aliphatic heterocycles. The molecule has 1 aromatic heterocycles. The summed E-state index contributed by atoms with van der Waals surface area (Å²) in [5, 5.41) is 13.8. The van der Waals surface area contributed by atoms with Gasteiger partial charge in [0.2, 0.25) is 11.0 Å². The number of amides is 1. The first-order chi connectivity index (χ1) is 13.1. The van der Waals surface area contributed by atoms with Crippen molar-refractivity contribution in [2.24, 2.45) is 17.8 Å². The molecule has 4 nitrogen and oxygen atoms in total. The number of carbonyl (C=O) groups excluding carboxylic acids is 1. The SMILES string of the molecule is CC[C@H](C(=O)Nc1nnc(C23CC4CC(CC(C4)C2)C3)s1)c1ccccc1. The van der Waals surface area contributed by atoms with Gasteiger partial charge < -0.3 is 0 Å². The summed E-state index contributed by atoms with van der Waals surface area (Å²) < 4.78 is 0. The molecule has 1 N–H and O–H groups in total. The molecular formula is C22H27N3OS. The van der Waals surface area contributed by atoms with E-state index in [0.29, 0.717) is 5.13 Å². The molecule has 4 aliphatic carbocycles. The van der Waals surface area contributed by atoms with Crippen LogP contribution < -0.4 is 5.32 Å². The van der Waals surface area contributed by atoms with Crippen molar-refractivity contribution in [3.8, 4) is 0 Å². The van der Waals surface area contributed by atoms with Gasteiger partial charge in [-0.1, -0.05) is 48.6 Å². The zero-order valence-electron chi connectivity index (χ0n) is 15.9. The van der Waals surface area contributed by atoms with E-state index in [1.807, 2.05) is 30.3 Å². The van der Waals surface area contributed by atoms with E-state index in [1.165, 1.54) is 43.5 Å². The Bertz CT molecular complexity index is 796. The third kappa shape index (κ3) is 3.10. The largest absolute Gasteiger partial charge is 0.300 e. The maximum Gasteiger partial charge on any atom is 0.233 e. The number of nitrogens with zero attached hydrogens (tertiary/aromatic N) is 2. The second-order valence-electron chi connectivity index (χ2n) is 8.97. The van der Waals surface area contributed by atoms with Crippen LogP contribution >= 0.6 is 11.3 Å². The second-order valence-corrected chi connectivity index (χ2v) is 9.95. The Labute approximate surface area is 164 Å². The van der Waals surface area contributed by atoms with E-state index < -0.39 is 0 Å². The average Bonchev–Trinajstić information content (AvgIpc) is 3.11. The summed E-state index contributed by atoms with van der Waals surface area (Å²) in [6, 6.07) is 10.0. The molecule has 27 heavy (non-hydrogen) atoms. The van der Waals surface area contributed by atoms with Gasteiger partial charge in [0, 0.05) is 5.41 Å². The van der Waals surface area contributed by atoms with Crippen LogP contribution in [0.3, 0.4) is 0 Å². The van der Waals surface area contributed by atoms with Gasteiger partial charge in [-0.3, -0.25) is 10.1 Å². The Morgan fingerprint density at radius 3 is 2.33 bits per heavy atom. The summed E-state index contributed by atoms with van der Waals surface area (Å²) in [6.07, 6.45) is 8.90. The highest BCUT2D eigenvalue weighted by atomic mass is 32.1. The third-order valence-corrected chi connectivity index (χ3v) is 8.16. The molecule has 6 rings (SSSR count). The van der Waals surface area contributed by atoms with Crippen molar-refractivity contribution in [1.82, 2.24) is 10.2 Å². The van der Waals surface area contributed by atoms with E-state index in [2.05, 4.69) is 22.4 Å². The fraction of sp³-hybridized carbons (Fsp3) is 0.591. The molecule has 5 heteroatoms. The van der Waals surface area contributed by atoms with Crippen LogP contribution in [0, 0.1) is 17.8 Å². The molecule has 0 radical (unpaired) electrons. The van der Waals surface area contributed by atoms with Gasteiger partial charge in [-0.25, -0.2) is 0 Å². The Hall–Kier alpha value is -1.75. The van der Waals surface area contributed by atoms with Crippen LogP contribution in [0.25, 0.3) is 0 Å². The summed E-state index contributed by atoms with van der Waals surface area (Å²) in [4.78, 5) is 12.8. The minimum Gasteiger partial charge on any atom is -0.300 e. The molecule has 4 aliphatic rings. The monoisotopic (exact) mass is 381 g/mol. The van der Waals surface area contributed by atoms with E-state index in [0.717, 1.165) is 29.7 Å². The second kappa shape index (κ2) is 6.69. The predicted octanol–water partition coefficient (Wildman–Crippen LogP) is 5.14. The first-order valence-corrected chi connectivity index (χ1v) is 11.2. The van der Waals surface area contributed by atoms with Crippen molar-refractivity contribution in [3.05, 3.63) is 40.9 Å². The van der Waals surface area contributed by atoms with Gasteiger partial charge in [-0.15, -0.1) is 10.2 Å². The Morgan fingerprint density at radius 1 is 1.11 bits per heavy atom. The fourth-order valence-corrected chi connectivity index (χ4v) is 7.28. The smallest absolute Gasteiger partial charge is 0.233 e. The van der Waals surface area contributed by atoms with Crippen LogP contribution in [0.15, 0.2) is 30.3 Å². The first-order valence-electron chi connectivity index (χ1n) is 10.3. The molecule has 2 aromatic rings. The number of hydrogen-bond acceptors (Lipinski definition) is 4. The number of aromatic nitrogens is 2. The van der Waals surface area contributed by atoms with Crippen molar-refractivity contribution in [1.29, 1.82) is 0 Å². The van der Waals surface area contributed by atoms with Crippen molar-refractivity contribution < 1.29 is 4.79 Å². The van der Waals surface area contributed by atoms with Crippen LogP contribution in [-0.2, 0) is 10.2 Å². The highest BCUT2D eigenvalue weighted by Gasteiger charge is 2.53. The Balaban J connectivity index is 1.33. The highest BCUT2D eigenvalue weighted by molar-refractivity contribution is 7.15. The predicted molar refractivity (Wildman–Crippen MR) is 108 cm³/mol. The lowest BCUT2D eigenvalue weighted by Gasteiger charge is -2.55. The van der Waals surface area contributed by atoms with Crippen molar-refractivity contribution in [2.75, 3.05) is 5.32 Å². The quantitative estimate of drug-likeness (QED) is 0.780. The van der Waals surface area contributed by atoms with Gasteiger partial charge in [0.05, 0.1) is 5.92 Å². The number of rotatable bonds is 5. The molecule has 1 atom stereocenters. The maximum absolute atomic E-state index is 12.8. The highest BCUT2D eigenvalue weighted by Crippen LogP contribution is 2.61. The molecule has 4 fully saturated rings. The summed E-state index contributed by atoms with van der Waals surface area (Å²) >= 11 is 1.62. The van der Waals surface area contributed by atoms with E-state index in [4.69, 9.17) is 0 Å². The first kappa shape index (κ1) is 17.4. The van der Waals surface area contributed by atoms with E-state index >= 15 is 0 Å². The zero-order chi connectivity index (χ0) is 18.4. The van der Waals surface area contributed by atoms with Crippen molar-refractivity contribution in [2.45, 2.75) is 63.2 Å². The van der Waals surface area contributed by atoms with Crippen LogP contribution in [0.5, 0.6) is 0 Å². The van der Waals surface area contributed by atoms with Gasteiger partial charge >= 0.3 is 0 Å². The molecule has 1 aromatic carbocycles. The lowest BCUT2D eigenvalue weighted by Crippen LogP contribution is -2.48. The minimum absolute atomic E-state index is 0.0249. The van der Waals surface area contributed by atoms with Crippen LogP contribution in [0.1, 0.15) is 68.4 Å². The van der Waals surface area contributed by atoms with E-state index in [9.17, 15) is 4.79 Å². The normalized spacial score (nSPS) is 32.4. The molecule has 142 valence electrons. The van der Waals surface area contributed by atoms with Gasteiger partial charge in [-0.05, 0) is 68.3 Å².